The number of aromatic nitrogens is 4. The fourth-order valence-electron chi connectivity index (χ4n) is 15.5. The molecule has 43 nitrogen and oxygen atoms in total. The van der Waals surface area contributed by atoms with Gasteiger partial charge in [-0.25, -0.2) is 4.98 Å². The first kappa shape index (κ1) is 104. The Morgan fingerprint density at radius 2 is 1.05 bits per heavy atom. The van der Waals surface area contributed by atoms with Crippen molar-refractivity contribution in [3.05, 3.63) is 120 Å². The van der Waals surface area contributed by atoms with E-state index in [-0.39, 0.29) is 55.9 Å². The quantitative estimate of drug-likeness (QED) is 0.0265. The van der Waals surface area contributed by atoms with Crippen LogP contribution >= 0.6 is 11.8 Å². The minimum atomic E-state index is -1.92. The predicted octanol–water partition coefficient (Wildman–Crippen LogP) is -3.41. The third-order valence-corrected chi connectivity index (χ3v) is 24.0. The molecule has 18 amide bonds. The SMILES string of the molecule is CCCC[C@H]1C(=O)N(C)[C@@H](CCCC)C(=O)N[C@@H](CC(C)C)C(=O)N[C@H](C(=O)NCC(N)=O)CSCC(=O)N[C@@H](Cc2ccc(O)cc2)C(=O)N(C)[C@@H](C)C(=O)N[C@@H](CC(N)=O)C(=O)N[C@H](C)C(=O)N[C@@H](Cc2cnc[nH]2)C(=O)N[C@@H](CCC(N)=O)C(=O)N2C[C@H](O)C[C@H]2C(=O)N[C@@H](Cc2c[nH]c3ccccc23)C(=O)N[C@@H](CO)C(=O)N[C@@H](Cc2c[nH]c3ccccc23)C(=O)N1C. The number of rotatable bonds is 25. The van der Waals surface area contributed by atoms with Crippen molar-refractivity contribution in [1.29, 1.82) is 0 Å². The number of nitrogens with two attached hydrogens (primary N) is 3. The number of aromatic hydroxyl groups is 1. The number of nitrogens with one attached hydrogen (secondary N) is 14. The Labute approximate surface area is 765 Å². The number of aliphatic hydroxyl groups is 2. The molecule has 44 heteroatoms. The number of likely N-dealkylation sites (N-methyl/N-ethyl adjacent to an activating group) is 3. The van der Waals surface area contributed by atoms with Crippen LogP contribution in [0.15, 0.2) is 97.7 Å². The molecule has 0 bridgehead atoms. The molecule has 132 heavy (non-hydrogen) atoms. The topological polar surface area (TPSA) is 652 Å². The van der Waals surface area contributed by atoms with E-state index in [4.69, 9.17) is 17.2 Å². The minimum absolute atomic E-state index is 0.000540. The summed E-state index contributed by atoms with van der Waals surface area (Å²) < 4.78 is 0. The van der Waals surface area contributed by atoms with Gasteiger partial charge in [0.1, 0.15) is 90.3 Å². The Hall–Kier alpha value is -13.5. The van der Waals surface area contributed by atoms with E-state index >= 15 is 33.6 Å². The summed E-state index contributed by atoms with van der Waals surface area (Å²) in [6, 6.07) is -3.19. The molecule has 0 saturated carbocycles. The maximum atomic E-state index is 15.7. The van der Waals surface area contributed by atoms with Crippen molar-refractivity contribution in [3.63, 3.8) is 0 Å². The number of aliphatic hydroxyl groups excluding tert-OH is 2. The number of benzene rings is 3. The smallest absolute Gasteiger partial charge is 0.245 e. The number of phenols is 1. The van der Waals surface area contributed by atoms with Crippen LogP contribution in [0.3, 0.4) is 0 Å². The second-order valence-corrected chi connectivity index (χ2v) is 34.6. The summed E-state index contributed by atoms with van der Waals surface area (Å²) in [4.78, 5) is 277. The molecule has 3 aromatic carbocycles. The Kier molecular flexibility index (Phi) is 38.9. The van der Waals surface area contributed by atoms with Crippen LogP contribution in [0.2, 0.25) is 0 Å². The van der Waals surface area contributed by atoms with Crippen LogP contribution < -0.4 is 75.7 Å². The number of aromatic amines is 3. The molecule has 0 spiro atoms. The minimum Gasteiger partial charge on any atom is -0.508 e. The first-order chi connectivity index (χ1) is 62.7. The monoisotopic (exact) mass is 1850 g/mol. The zero-order chi connectivity index (χ0) is 96.9. The van der Waals surface area contributed by atoms with E-state index in [1.165, 1.54) is 69.8 Å². The molecule has 2 saturated heterocycles. The number of phenolic OH excluding ortho intramolecular Hbond substituents is 1. The molecule has 2 aliphatic rings. The summed E-state index contributed by atoms with van der Waals surface area (Å²) in [6.07, 6.45) is 2.10. The summed E-state index contributed by atoms with van der Waals surface area (Å²) in [5.41, 5.74) is 19.4. The maximum Gasteiger partial charge on any atom is 0.245 e. The number of H-pyrrole nitrogens is 3. The first-order valence-electron chi connectivity index (χ1n) is 43.7. The third kappa shape index (κ3) is 29.5. The van der Waals surface area contributed by atoms with E-state index in [2.05, 4.69) is 78.4 Å². The van der Waals surface area contributed by atoms with Gasteiger partial charge in [-0.15, -0.1) is 11.8 Å². The van der Waals surface area contributed by atoms with Crippen LogP contribution in [0.25, 0.3) is 21.8 Å². The van der Waals surface area contributed by atoms with Crippen LogP contribution in [0.1, 0.15) is 135 Å². The molecule has 716 valence electrons. The summed E-state index contributed by atoms with van der Waals surface area (Å²) in [5, 5.41) is 62.1. The molecule has 3 aromatic heterocycles. The van der Waals surface area contributed by atoms with Gasteiger partial charge in [0, 0.05) is 118 Å². The average molecular weight is 1860 g/mol. The highest BCUT2D eigenvalue weighted by Gasteiger charge is 2.46. The molecule has 0 unspecified atom stereocenters. The Bertz CT molecular complexity index is 5110. The zero-order valence-electron chi connectivity index (χ0n) is 75.2. The predicted molar refractivity (Wildman–Crippen MR) is 482 cm³/mol. The van der Waals surface area contributed by atoms with Crippen LogP contribution in [0.5, 0.6) is 5.75 Å². The number of unbranched alkanes of at least 4 members (excludes halogenated alkanes) is 2. The van der Waals surface area contributed by atoms with Crippen molar-refractivity contribution in [2.75, 3.05) is 52.3 Å². The highest BCUT2D eigenvalue weighted by atomic mass is 32.2. The molecule has 5 heterocycles. The van der Waals surface area contributed by atoms with E-state index < -0.39 is 260 Å². The molecule has 0 radical (unpaired) electrons. The summed E-state index contributed by atoms with van der Waals surface area (Å²) >= 11 is 0.776. The van der Waals surface area contributed by atoms with Gasteiger partial charge in [-0.1, -0.05) is 102 Å². The van der Waals surface area contributed by atoms with Crippen LogP contribution in [-0.4, -0.2) is 304 Å². The lowest BCUT2D eigenvalue weighted by Crippen LogP contribution is -2.62. The lowest BCUT2D eigenvalue weighted by atomic mass is 9.99. The molecule has 23 N–H and O–H groups in total. The number of primary amides is 3. The Morgan fingerprint density at radius 1 is 0.530 bits per heavy atom. The molecule has 6 aromatic rings. The van der Waals surface area contributed by atoms with Crippen molar-refractivity contribution in [3.8, 4) is 5.75 Å². The number of imidazole rings is 1. The highest BCUT2D eigenvalue weighted by Crippen LogP contribution is 2.27. The van der Waals surface area contributed by atoms with Gasteiger partial charge in [0.25, 0.3) is 0 Å². The number of amides is 18. The number of para-hydroxylation sites is 2. The second kappa shape index (κ2) is 49.5. The summed E-state index contributed by atoms with van der Waals surface area (Å²) in [7, 11) is 3.89. The second-order valence-electron chi connectivity index (χ2n) is 33.5. The van der Waals surface area contributed by atoms with E-state index in [0.717, 1.165) is 33.4 Å². The Balaban J connectivity index is 1.19. The Morgan fingerprint density at radius 3 is 1.64 bits per heavy atom. The number of carbonyl (C=O) groups is 18. The number of nitrogens with zero attached hydrogens (tertiary/aromatic N) is 5. The number of thioether (sulfide) groups is 1. The molecule has 15 atom stereocenters. The molecule has 0 aliphatic carbocycles. The van der Waals surface area contributed by atoms with E-state index in [1.54, 1.807) is 74.8 Å². The summed E-state index contributed by atoms with van der Waals surface area (Å²) in [6.45, 7) is 7.18. The van der Waals surface area contributed by atoms with Crippen molar-refractivity contribution in [1.82, 2.24) is 98.0 Å². The van der Waals surface area contributed by atoms with Crippen molar-refractivity contribution >= 4 is 140 Å². The lowest BCUT2D eigenvalue weighted by molar-refractivity contribution is -0.149. The molecule has 2 fully saturated rings. The van der Waals surface area contributed by atoms with E-state index in [0.29, 0.717) is 64.2 Å². The van der Waals surface area contributed by atoms with Crippen LogP contribution in [-0.2, 0) is 112 Å². The van der Waals surface area contributed by atoms with Crippen LogP contribution in [0, 0.1) is 5.92 Å². The average Bonchev–Trinajstić information content (AvgIpc) is 1.69. The van der Waals surface area contributed by atoms with E-state index in [9.17, 15) is 68.1 Å². The number of carbonyl (C=O) groups excluding carboxylic acids is 18. The van der Waals surface area contributed by atoms with Crippen molar-refractivity contribution in [2.45, 2.75) is 229 Å². The van der Waals surface area contributed by atoms with Crippen molar-refractivity contribution < 1.29 is 102 Å². The summed E-state index contributed by atoms with van der Waals surface area (Å²) in [5.74, 6) is -19.4. The van der Waals surface area contributed by atoms with Gasteiger partial charge >= 0.3 is 0 Å². The van der Waals surface area contributed by atoms with Crippen molar-refractivity contribution in [2.24, 2.45) is 23.1 Å². The normalized spacial score (nSPS) is 24.6. The fraction of sp³-hybridized carbons (Fsp3) is 0.511. The maximum absolute atomic E-state index is 15.7. The number of hydrogen-bond acceptors (Lipinski definition) is 23. The molecule has 8 rings (SSSR count). The molecule has 2 aliphatic heterocycles. The largest absolute Gasteiger partial charge is 0.508 e. The van der Waals surface area contributed by atoms with Gasteiger partial charge in [0.2, 0.25) is 106 Å². The van der Waals surface area contributed by atoms with Gasteiger partial charge < -0.3 is 126 Å². The van der Waals surface area contributed by atoms with Gasteiger partial charge in [0.15, 0.2) is 0 Å². The number of hydrogen-bond donors (Lipinski definition) is 20. The highest BCUT2D eigenvalue weighted by molar-refractivity contribution is 8.00. The molecular formula is C88H122N22O21S. The third-order valence-electron chi connectivity index (χ3n) is 22.9. The first-order valence-corrected chi connectivity index (χ1v) is 44.8. The zero-order valence-corrected chi connectivity index (χ0v) is 76.0. The number of fused-ring (bicyclic) bond motifs is 3. The van der Waals surface area contributed by atoms with Gasteiger partial charge in [-0.05, 0) is 86.4 Å². The standard InChI is InChI=1S/C88H122N22O21S/c1-10-12-22-68-83(126)102-60(30-46(3)4)79(122)106-67(77(120)95-40-73(91)116)43-132-44-74(117)98-64(31-49-24-26-53(112)27-25-49)85(128)107(7)48(6)76(119)101-63(36-72(90)115)78(121)97-47(5)75(118)100-62(34-52-39-92-45-96-52)81(124)99-59(28-29-71(89)114)87(130)110-41-54(113)35-70(110)84(127)103-61(32-50-37-93-57-20-16-14-18-55(50)57)80(123)105-66(42-111)82(125)104-65(33-51-38-94-58-21-17-15-19-56(51)58)86(129)109(9)69(23-13-11-2)88(131)108(68)8/h14-21,24-27,37-39,45-48,54,59-70,93-94,111-113H,10-13,22-23,28-36,40-44H2,1-9H3,(H2,89,114)(H2,90,115)(H2,91,116)(H,92,96)(H,95,120)(H,97,121)(H,98,117)(H,99,124)(H,100,118)(H,101,119)(H,102,126)(H,103,127)(H,104,125)(H,105,123)(H,106,122)/t47-,48+,54-,59+,60+,61+,62+,63+,64+,65+,66+,67+,68+,69+,70+/m1/s1. The lowest BCUT2D eigenvalue weighted by Gasteiger charge is -2.36. The van der Waals surface area contributed by atoms with Gasteiger partial charge in [-0.3, -0.25) is 86.3 Å². The van der Waals surface area contributed by atoms with E-state index in [1.807, 2.05) is 13.8 Å². The molecular weight excluding hydrogens is 1730 g/mol. The fourth-order valence-corrected chi connectivity index (χ4v) is 16.3. The van der Waals surface area contributed by atoms with Crippen LogP contribution in [0.4, 0.5) is 0 Å². The van der Waals surface area contributed by atoms with Gasteiger partial charge in [0.05, 0.1) is 37.8 Å². The van der Waals surface area contributed by atoms with Gasteiger partial charge in [-0.2, -0.15) is 0 Å².